The first-order valence-corrected chi connectivity index (χ1v) is 10.8. The van der Waals surface area contributed by atoms with Crippen molar-refractivity contribution in [1.82, 2.24) is 9.88 Å². The summed E-state index contributed by atoms with van der Waals surface area (Å²) >= 11 is 0. The van der Waals surface area contributed by atoms with Gasteiger partial charge < -0.3 is 4.90 Å². The van der Waals surface area contributed by atoms with Crippen LogP contribution in [0.3, 0.4) is 0 Å². The largest absolute Gasteiger partial charge is 0.367 e. The SMILES string of the molecule is O=[N+]([O-])c1ccc(N2CCN(C(c3ccccc3)c3ccccc3)CC2)c2ncccc12. The Kier molecular flexibility index (Phi) is 5.52. The van der Waals surface area contributed by atoms with E-state index in [0.717, 1.165) is 31.9 Å². The van der Waals surface area contributed by atoms with Gasteiger partial charge in [0.1, 0.15) is 5.52 Å². The van der Waals surface area contributed by atoms with E-state index in [1.807, 2.05) is 6.07 Å². The molecule has 0 radical (unpaired) electrons. The second-order valence-corrected chi connectivity index (χ2v) is 8.01. The van der Waals surface area contributed by atoms with Crippen LogP contribution in [0.25, 0.3) is 10.9 Å². The molecule has 1 saturated heterocycles. The molecule has 0 aliphatic carbocycles. The molecule has 0 unspecified atom stereocenters. The van der Waals surface area contributed by atoms with Gasteiger partial charge in [-0.05, 0) is 29.3 Å². The average molecular weight is 425 g/mol. The summed E-state index contributed by atoms with van der Waals surface area (Å²) in [5.41, 5.74) is 4.33. The number of non-ortho nitro benzene ring substituents is 1. The van der Waals surface area contributed by atoms with Gasteiger partial charge in [0.2, 0.25) is 0 Å². The number of aromatic nitrogens is 1. The lowest BCUT2D eigenvalue weighted by Gasteiger charge is -2.40. The third-order valence-corrected chi connectivity index (χ3v) is 6.17. The van der Waals surface area contributed by atoms with E-state index in [0.29, 0.717) is 10.9 Å². The molecule has 6 heteroatoms. The maximum absolute atomic E-state index is 11.4. The number of nitrogens with zero attached hydrogens (tertiary/aromatic N) is 4. The molecular weight excluding hydrogens is 400 g/mol. The summed E-state index contributed by atoms with van der Waals surface area (Å²) in [7, 11) is 0. The lowest BCUT2D eigenvalue weighted by Crippen LogP contribution is -2.48. The van der Waals surface area contributed by atoms with Gasteiger partial charge in [0, 0.05) is 38.4 Å². The van der Waals surface area contributed by atoms with Crippen molar-refractivity contribution in [3.05, 3.63) is 112 Å². The number of anilines is 1. The van der Waals surface area contributed by atoms with Gasteiger partial charge in [-0.25, -0.2) is 0 Å². The minimum absolute atomic E-state index is 0.101. The monoisotopic (exact) mass is 424 g/mol. The minimum atomic E-state index is -0.337. The van der Waals surface area contributed by atoms with Crippen LogP contribution in [0.15, 0.2) is 91.1 Å². The smallest absolute Gasteiger partial charge is 0.278 e. The normalized spacial score (nSPS) is 14.7. The first kappa shape index (κ1) is 20.2. The van der Waals surface area contributed by atoms with Crippen LogP contribution in [0.5, 0.6) is 0 Å². The van der Waals surface area contributed by atoms with Gasteiger partial charge in [-0.15, -0.1) is 0 Å². The second-order valence-electron chi connectivity index (χ2n) is 8.01. The molecule has 32 heavy (non-hydrogen) atoms. The average Bonchev–Trinajstić information content (AvgIpc) is 2.85. The number of fused-ring (bicyclic) bond motifs is 1. The van der Waals surface area contributed by atoms with E-state index in [1.54, 1.807) is 24.4 Å². The van der Waals surface area contributed by atoms with Gasteiger partial charge in [0.05, 0.1) is 22.0 Å². The lowest BCUT2D eigenvalue weighted by atomic mass is 9.96. The highest BCUT2D eigenvalue weighted by Gasteiger charge is 2.28. The van der Waals surface area contributed by atoms with Crippen molar-refractivity contribution in [3.8, 4) is 0 Å². The molecule has 0 bridgehead atoms. The summed E-state index contributed by atoms with van der Waals surface area (Å²) in [4.78, 5) is 20.4. The van der Waals surface area contributed by atoms with Crippen LogP contribution >= 0.6 is 0 Å². The maximum Gasteiger partial charge on any atom is 0.278 e. The Bertz CT molecular complexity index is 1180. The van der Waals surface area contributed by atoms with Crippen LogP contribution in [-0.4, -0.2) is 41.0 Å². The summed E-state index contributed by atoms with van der Waals surface area (Å²) in [6, 6.07) is 28.4. The third kappa shape index (κ3) is 3.81. The molecule has 2 heterocycles. The summed E-state index contributed by atoms with van der Waals surface area (Å²) in [5.74, 6) is 0. The van der Waals surface area contributed by atoms with Gasteiger partial charge >= 0.3 is 0 Å². The Morgan fingerprint density at radius 3 is 2.00 bits per heavy atom. The molecular formula is C26H24N4O2. The molecule has 0 saturated carbocycles. The number of rotatable bonds is 5. The Hall–Kier alpha value is -3.77. The molecule has 5 rings (SSSR count). The van der Waals surface area contributed by atoms with Crippen molar-refractivity contribution in [2.24, 2.45) is 0 Å². The Balaban J connectivity index is 1.42. The number of hydrogen-bond acceptors (Lipinski definition) is 5. The zero-order chi connectivity index (χ0) is 21.9. The molecule has 1 aliphatic rings. The van der Waals surface area contributed by atoms with Crippen LogP contribution in [-0.2, 0) is 0 Å². The lowest BCUT2D eigenvalue weighted by molar-refractivity contribution is -0.383. The zero-order valence-corrected chi connectivity index (χ0v) is 17.7. The Labute approximate surface area is 186 Å². The van der Waals surface area contributed by atoms with Crippen molar-refractivity contribution in [3.63, 3.8) is 0 Å². The van der Waals surface area contributed by atoms with E-state index in [4.69, 9.17) is 0 Å². The molecule has 0 amide bonds. The van der Waals surface area contributed by atoms with Crippen LogP contribution < -0.4 is 4.90 Å². The molecule has 6 nitrogen and oxygen atoms in total. The van der Waals surface area contributed by atoms with Gasteiger partial charge in [-0.1, -0.05) is 60.7 Å². The summed E-state index contributed by atoms with van der Waals surface area (Å²) in [6.45, 7) is 3.44. The highest BCUT2D eigenvalue weighted by molar-refractivity contribution is 5.97. The van der Waals surface area contributed by atoms with Crippen molar-refractivity contribution in [2.75, 3.05) is 31.1 Å². The summed E-state index contributed by atoms with van der Waals surface area (Å²) in [5, 5.41) is 12.0. The van der Waals surface area contributed by atoms with Crippen molar-refractivity contribution in [2.45, 2.75) is 6.04 Å². The topological polar surface area (TPSA) is 62.5 Å². The zero-order valence-electron chi connectivity index (χ0n) is 17.7. The molecule has 1 aromatic heterocycles. The number of nitro groups is 1. The Morgan fingerprint density at radius 2 is 1.41 bits per heavy atom. The molecule has 0 N–H and O–H groups in total. The van der Waals surface area contributed by atoms with Crippen molar-refractivity contribution < 1.29 is 4.92 Å². The van der Waals surface area contributed by atoms with Crippen LogP contribution in [0, 0.1) is 10.1 Å². The standard InChI is InChI=1S/C26H24N4O2/c31-30(32)23-13-14-24(25-22(23)12-7-15-27-25)28-16-18-29(19-17-28)26(20-8-3-1-4-9-20)21-10-5-2-6-11-21/h1-15,26H,16-19H2. The fraction of sp³-hybridized carbons (Fsp3) is 0.192. The fourth-order valence-electron chi connectivity index (χ4n) is 4.66. The summed E-state index contributed by atoms with van der Waals surface area (Å²) in [6.07, 6.45) is 1.70. The van der Waals surface area contributed by atoms with Crippen LogP contribution in [0.1, 0.15) is 17.2 Å². The van der Waals surface area contributed by atoms with Crippen molar-refractivity contribution in [1.29, 1.82) is 0 Å². The van der Waals surface area contributed by atoms with E-state index in [2.05, 4.69) is 75.4 Å². The molecule has 1 aliphatic heterocycles. The summed E-state index contributed by atoms with van der Waals surface area (Å²) < 4.78 is 0. The number of nitro benzene ring substituents is 1. The van der Waals surface area contributed by atoms with Crippen LogP contribution in [0.4, 0.5) is 11.4 Å². The molecule has 3 aromatic carbocycles. The van der Waals surface area contributed by atoms with Gasteiger partial charge in [0.15, 0.2) is 0 Å². The highest BCUT2D eigenvalue weighted by atomic mass is 16.6. The van der Waals surface area contributed by atoms with E-state index in [1.165, 1.54) is 11.1 Å². The Morgan fingerprint density at radius 1 is 0.781 bits per heavy atom. The van der Waals surface area contributed by atoms with E-state index in [9.17, 15) is 10.1 Å². The quantitative estimate of drug-likeness (QED) is 0.331. The molecule has 4 aromatic rings. The van der Waals surface area contributed by atoms with E-state index >= 15 is 0 Å². The predicted molar refractivity (Wildman–Crippen MR) is 127 cm³/mol. The van der Waals surface area contributed by atoms with Gasteiger partial charge in [-0.3, -0.25) is 20.0 Å². The van der Waals surface area contributed by atoms with E-state index < -0.39 is 0 Å². The highest BCUT2D eigenvalue weighted by Crippen LogP contribution is 2.34. The van der Waals surface area contributed by atoms with Gasteiger partial charge in [0.25, 0.3) is 5.69 Å². The number of pyridine rings is 1. The van der Waals surface area contributed by atoms with Gasteiger partial charge in [-0.2, -0.15) is 0 Å². The first-order valence-electron chi connectivity index (χ1n) is 10.8. The fourth-order valence-corrected chi connectivity index (χ4v) is 4.66. The molecule has 0 spiro atoms. The minimum Gasteiger partial charge on any atom is -0.367 e. The number of hydrogen-bond donors (Lipinski definition) is 0. The third-order valence-electron chi connectivity index (χ3n) is 6.17. The van der Waals surface area contributed by atoms with Crippen molar-refractivity contribution >= 4 is 22.3 Å². The second kappa shape index (κ2) is 8.77. The molecule has 160 valence electrons. The van der Waals surface area contributed by atoms with Crippen LogP contribution in [0.2, 0.25) is 0 Å². The number of piperazine rings is 1. The predicted octanol–water partition coefficient (Wildman–Crippen LogP) is 5.05. The first-order chi connectivity index (χ1) is 15.7. The molecule has 1 fully saturated rings. The number of benzene rings is 3. The van der Waals surface area contributed by atoms with E-state index in [-0.39, 0.29) is 16.7 Å². The maximum atomic E-state index is 11.4. The molecule has 0 atom stereocenters.